The molecule has 16 heavy (non-hydrogen) atoms. The van der Waals surface area contributed by atoms with Gasteiger partial charge in [-0.1, -0.05) is 27.7 Å². The third kappa shape index (κ3) is 3.07. The average Bonchev–Trinajstić information content (AvgIpc) is 2.31. The second-order valence-electron chi connectivity index (χ2n) is 5.67. The first-order valence-electron chi connectivity index (χ1n) is 6.75. The van der Waals surface area contributed by atoms with E-state index in [9.17, 15) is 4.79 Å². The maximum atomic E-state index is 11.3. The van der Waals surface area contributed by atoms with E-state index >= 15 is 0 Å². The lowest BCUT2D eigenvalue weighted by Gasteiger charge is -2.39. The Labute approximate surface area is 100 Å². The first kappa shape index (κ1) is 13.7. The van der Waals surface area contributed by atoms with E-state index in [1.807, 2.05) is 0 Å². The Hall–Kier alpha value is -0.370. The molecule has 0 bridgehead atoms. The number of piperidine rings is 1. The van der Waals surface area contributed by atoms with Gasteiger partial charge in [0.1, 0.15) is 6.29 Å². The van der Waals surface area contributed by atoms with Crippen molar-refractivity contribution in [3.8, 4) is 0 Å². The molecule has 0 aromatic rings. The van der Waals surface area contributed by atoms with Crippen LogP contribution in [0.4, 0.5) is 0 Å². The van der Waals surface area contributed by atoms with Crippen molar-refractivity contribution in [2.24, 2.45) is 17.3 Å². The molecule has 0 aromatic carbocycles. The van der Waals surface area contributed by atoms with Gasteiger partial charge < -0.3 is 9.69 Å². The molecule has 0 aromatic heterocycles. The molecule has 1 rings (SSSR count). The molecule has 0 aliphatic carbocycles. The standard InChI is InChI=1S/C14H27NO/c1-5-14(6-2,11-16)10-15-8-7-12(3)13(4)9-15/h11-13H,5-10H2,1-4H3. The Bertz CT molecular complexity index is 223. The summed E-state index contributed by atoms with van der Waals surface area (Å²) in [6, 6.07) is 0. The maximum absolute atomic E-state index is 11.3. The Balaban J connectivity index is 2.56. The summed E-state index contributed by atoms with van der Waals surface area (Å²) in [6.07, 6.45) is 4.40. The van der Waals surface area contributed by atoms with Crippen molar-refractivity contribution in [1.29, 1.82) is 0 Å². The molecule has 1 saturated heterocycles. The molecule has 2 atom stereocenters. The average molecular weight is 225 g/mol. The highest BCUT2D eigenvalue weighted by atomic mass is 16.1. The highest BCUT2D eigenvalue weighted by Gasteiger charge is 2.31. The molecule has 0 saturated carbocycles. The van der Waals surface area contributed by atoms with Crippen molar-refractivity contribution in [2.45, 2.75) is 47.0 Å². The third-order valence-electron chi connectivity index (χ3n) is 4.62. The van der Waals surface area contributed by atoms with Gasteiger partial charge in [-0.25, -0.2) is 0 Å². The van der Waals surface area contributed by atoms with E-state index in [2.05, 4.69) is 32.6 Å². The third-order valence-corrected chi connectivity index (χ3v) is 4.62. The predicted octanol–water partition coefficient (Wildman–Crippen LogP) is 2.97. The second-order valence-corrected chi connectivity index (χ2v) is 5.67. The van der Waals surface area contributed by atoms with Crippen LogP contribution in [-0.2, 0) is 4.79 Å². The SMILES string of the molecule is CCC(C=O)(CC)CN1CCC(C)C(C)C1. The van der Waals surface area contributed by atoms with Crippen LogP contribution in [0.5, 0.6) is 0 Å². The molecule has 0 N–H and O–H groups in total. The van der Waals surface area contributed by atoms with Crippen LogP contribution in [0.3, 0.4) is 0 Å². The van der Waals surface area contributed by atoms with Crippen LogP contribution in [-0.4, -0.2) is 30.8 Å². The van der Waals surface area contributed by atoms with E-state index < -0.39 is 0 Å². The van der Waals surface area contributed by atoms with E-state index in [1.165, 1.54) is 19.3 Å². The predicted molar refractivity (Wildman–Crippen MR) is 68.5 cm³/mol. The summed E-state index contributed by atoms with van der Waals surface area (Å²) >= 11 is 0. The van der Waals surface area contributed by atoms with Gasteiger partial charge in [-0.05, 0) is 37.6 Å². The molecule has 0 spiro atoms. The highest BCUT2D eigenvalue weighted by Crippen LogP contribution is 2.29. The smallest absolute Gasteiger partial charge is 0.127 e. The second kappa shape index (κ2) is 5.81. The number of rotatable bonds is 5. The maximum Gasteiger partial charge on any atom is 0.127 e. The molecule has 0 radical (unpaired) electrons. The fourth-order valence-electron chi connectivity index (χ4n) is 2.62. The number of likely N-dealkylation sites (tertiary alicyclic amines) is 1. The lowest BCUT2D eigenvalue weighted by molar-refractivity contribution is -0.118. The molecule has 2 unspecified atom stereocenters. The van der Waals surface area contributed by atoms with Gasteiger partial charge >= 0.3 is 0 Å². The molecule has 2 heteroatoms. The van der Waals surface area contributed by atoms with Gasteiger partial charge in [-0.3, -0.25) is 0 Å². The Morgan fingerprint density at radius 2 is 1.88 bits per heavy atom. The zero-order chi connectivity index (χ0) is 12.2. The molecule has 1 aliphatic heterocycles. The van der Waals surface area contributed by atoms with Crippen LogP contribution >= 0.6 is 0 Å². The van der Waals surface area contributed by atoms with Gasteiger partial charge in [0.2, 0.25) is 0 Å². The zero-order valence-corrected chi connectivity index (χ0v) is 11.3. The van der Waals surface area contributed by atoms with E-state index in [0.29, 0.717) is 0 Å². The van der Waals surface area contributed by atoms with Gasteiger partial charge in [0, 0.05) is 18.5 Å². The number of aldehydes is 1. The zero-order valence-electron chi connectivity index (χ0n) is 11.3. The summed E-state index contributed by atoms with van der Waals surface area (Å²) in [5.74, 6) is 1.61. The molecule has 1 aliphatic rings. The van der Waals surface area contributed by atoms with E-state index in [-0.39, 0.29) is 5.41 Å². The summed E-state index contributed by atoms with van der Waals surface area (Å²) in [7, 11) is 0. The fourth-order valence-corrected chi connectivity index (χ4v) is 2.62. The normalized spacial score (nSPS) is 28.0. The molecular weight excluding hydrogens is 198 g/mol. The molecule has 2 nitrogen and oxygen atoms in total. The van der Waals surface area contributed by atoms with Crippen LogP contribution in [0, 0.1) is 17.3 Å². The number of carbonyl (C=O) groups excluding carboxylic acids is 1. The monoisotopic (exact) mass is 225 g/mol. The first-order chi connectivity index (χ1) is 7.56. The molecular formula is C14H27NO. The Morgan fingerprint density at radius 1 is 1.25 bits per heavy atom. The fraction of sp³-hybridized carbons (Fsp3) is 0.929. The quantitative estimate of drug-likeness (QED) is 0.670. The molecule has 1 heterocycles. The van der Waals surface area contributed by atoms with Gasteiger partial charge in [0.15, 0.2) is 0 Å². The van der Waals surface area contributed by atoms with E-state index in [1.54, 1.807) is 0 Å². The summed E-state index contributed by atoms with van der Waals surface area (Å²) in [5, 5.41) is 0. The topological polar surface area (TPSA) is 20.3 Å². The van der Waals surface area contributed by atoms with Crippen LogP contribution in [0.25, 0.3) is 0 Å². The molecule has 1 fully saturated rings. The number of nitrogens with zero attached hydrogens (tertiary/aromatic N) is 1. The summed E-state index contributed by atoms with van der Waals surface area (Å²) in [5.41, 5.74) is -0.0969. The lowest BCUT2D eigenvalue weighted by Crippen LogP contribution is -2.45. The van der Waals surface area contributed by atoms with Crippen LogP contribution < -0.4 is 0 Å². The first-order valence-corrected chi connectivity index (χ1v) is 6.75. The Kier molecular flexibility index (Phi) is 4.97. The minimum Gasteiger partial charge on any atom is -0.303 e. The molecule has 0 amide bonds. The van der Waals surface area contributed by atoms with Gasteiger partial charge in [0.25, 0.3) is 0 Å². The minimum absolute atomic E-state index is 0.0969. The number of hydrogen-bond acceptors (Lipinski definition) is 2. The van der Waals surface area contributed by atoms with Crippen molar-refractivity contribution in [3.05, 3.63) is 0 Å². The summed E-state index contributed by atoms with van der Waals surface area (Å²) < 4.78 is 0. The van der Waals surface area contributed by atoms with Crippen molar-refractivity contribution >= 4 is 6.29 Å². The van der Waals surface area contributed by atoms with Crippen molar-refractivity contribution in [1.82, 2.24) is 4.90 Å². The Morgan fingerprint density at radius 3 is 2.31 bits per heavy atom. The van der Waals surface area contributed by atoms with Crippen LogP contribution in [0.2, 0.25) is 0 Å². The van der Waals surface area contributed by atoms with Crippen molar-refractivity contribution in [3.63, 3.8) is 0 Å². The van der Waals surface area contributed by atoms with Crippen molar-refractivity contribution in [2.75, 3.05) is 19.6 Å². The van der Waals surface area contributed by atoms with E-state index in [4.69, 9.17) is 0 Å². The van der Waals surface area contributed by atoms with Gasteiger partial charge in [-0.2, -0.15) is 0 Å². The number of hydrogen-bond donors (Lipinski definition) is 0. The summed E-state index contributed by atoms with van der Waals surface area (Å²) in [4.78, 5) is 13.8. The van der Waals surface area contributed by atoms with Gasteiger partial charge in [0.05, 0.1) is 0 Å². The van der Waals surface area contributed by atoms with Gasteiger partial charge in [-0.15, -0.1) is 0 Å². The van der Waals surface area contributed by atoms with E-state index in [0.717, 1.165) is 37.8 Å². The molecule has 94 valence electrons. The van der Waals surface area contributed by atoms with Crippen molar-refractivity contribution < 1.29 is 4.79 Å². The minimum atomic E-state index is -0.0969. The lowest BCUT2D eigenvalue weighted by atomic mass is 9.81. The van der Waals surface area contributed by atoms with Crippen LogP contribution in [0.1, 0.15) is 47.0 Å². The summed E-state index contributed by atoms with van der Waals surface area (Å²) in [6.45, 7) is 12.2. The van der Waals surface area contributed by atoms with Crippen LogP contribution in [0.15, 0.2) is 0 Å². The largest absolute Gasteiger partial charge is 0.303 e. The highest BCUT2D eigenvalue weighted by molar-refractivity contribution is 5.59. The number of carbonyl (C=O) groups is 1.